The molecule has 1 N–H and O–H groups in total. The zero-order valence-electron chi connectivity index (χ0n) is 9.61. The number of Topliss-reactive ketones (excluding diaryl/α,β-unsaturated/α-hetero) is 1. The normalized spacial score (nSPS) is 23.9. The standard InChI is InChI=1S/C13H22O2/c1-2-3-4-5-12(14)8-6-11-7-9-13(15)10-11/h6,8,11-12,14H,2-5,7,9-10H2,1H3/b8-6+/t11-,12+/m0/s1. The van der Waals surface area contributed by atoms with Crippen molar-refractivity contribution in [2.45, 2.75) is 58.0 Å². The Kier molecular flexibility index (Phi) is 5.62. The SMILES string of the molecule is CCCCC[C@@H](O)/C=C/[C@H]1CCC(=O)C1. The first-order valence-electron chi connectivity index (χ1n) is 6.10. The molecule has 1 fully saturated rings. The number of aliphatic hydroxyl groups is 1. The maximum atomic E-state index is 11.0. The summed E-state index contributed by atoms with van der Waals surface area (Å²) >= 11 is 0. The van der Waals surface area contributed by atoms with Gasteiger partial charge in [0.2, 0.25) is 0 Å². The first-order chi connectivity index (χ1) is 7.22. The quantitative estimate of drug-likeness (QED) is 0.540. The number of hydrogen-bond acceptors (Lipinski definition) is 2. The van der Waals surface area contributed by atoms with Gasteiger partial charge in [-0.3, -0.25) is 4.79 Å². The molecule has 0 radical (unpaired) electrons. The number of unbranched alkanes of at least 4 members (excludes halogenated alkanes) is 2. The van der Waals surface area contributed by atoms with Gasteiger partial charge in [-0.1, -0.05) is 38.3 Å². The van der Waals surface area contributed by atoms with Crippen molar-refractivity contribution >= 4 is 5.78 Å². The van der Waals surface area contributed by atoms with Crippen molar-refractivity contribution in [2.75, 3.05) is 0 Å². The fraction of sp³-hybridized carbons (Fsp3) is 0.769. The summed E-state index contributed by atoms with van der Waals surface area (Å²) in [6, 6.07) is 0. The molecule has 1 saturated carbocycles. The Morgan fingerprint density at radius 3 is 2.93 bits per heavy atom. The van der Waals surface area contributed by atoms with Gasteiger partial charge in [0.25, 0.3) is 0 Å². The van der Waals surface area contributed by atoms with E-state index in [0.717, 1.165) is 25.7 Å². The third-order valence-corrected chi connectivity index (χ3v) is 2.99. The first-order valence-corrected chi connectivity index (χ1v) is 6.10. The van der Waals surface area contributed by atoms with Crippen LogP contribution in [0.1, 0.15) is 51.9 Å². The maximum absolute atomic E-state index is 11.0. The number of hydrogen-bond donors (Lipinski definition) is 1. The Balaban J connectivity index is 2.16. The lowest BCUT2D eigenvalue weighted by molar-refractivity contribution is -0.117. The summed E-state index contributed by atoms with van der Waals surface area (Å²) in [6.45, 7) is 2.16. The number of rotatable bonds is 6. The third-order valence-electron chi connectivity index (χ3n) is 2.99. The van der Waals surface area contributed by atoms with Crippen LogP contribution < -0.4 is 0 Å². The lowest BCUT2D eigenvalue weighted by Gasteiger charge is -2.06. The summed E-state index contributed by atoms with van der Waals surface area (Å²) in [6.07, 6.45) is 10.3. The Hall–Kier alpha value is -0.630. The second kappa shape index (κ2) is 6.78. The van der Waals surface area contributed by atoms with E-state index >= 15 is 0 Å². The van der Waals surface area contributed by atoms with Gasteiger partial charge in [0.05, 0.1) is 6.10 Å². The minimum atomic E-state index is -0.313. The van der Waals surface area contributed by atoms with Crippen molar-refractivity contribution in [3.63, 3.8) is 0 Å². The number of allylic oxidation sites excluding steroid dienone is 1. The zero-order valence-corrected chi connectivity index (χ0v) is 9.61. The van der Waals surface area contributed by atoms with E-state index in [1.54, 1.807) is 0 Å². The van der Waals surface area contributed by atoms with Crippen LogP contribution in [-0.2, 0) is 4.79 Å². The van der Waals surface area contributed by atoms with E-state index in [9.17, 15) is 9.90 Å². The van der Waals surface area contributed by atoms with Crippen LogP contribution >= 0.6 is 0 Å². The molecule has 0 amide bonds. The van der Waals surface area contributed by atoms with E-state index in [1.165, 1.54) is 12.8 Å². The second-order valence-corrected chi connectivity index (χ2v) is 4.49. The highest BCUT2D eigenvalue weighted by molar-refractivity contribution is 5.80. The van der Waals surface area contributed by atoms with Crippen molar-refractivity contribution < 1.29 is 9.90 Å². The van der Waals surface area contributed by atoms with Gasteiger partial charge >= 0.3 is 0 Å². The van der Waals surface area contributed by atoms with Gasteiger partial charge in [-0.05, 0) is 18.8 Å². The van der Waals surface area contributed by atoms with E-state index in [-0.39, 0.29) is 6.10 Å². The van der Waals surface area contributed by atoms with Crippen molar-refractivity contribution in [3.8, 4) is 0 Å². The molecule has 0 heterocycles. The molecule has 15 heavy (non-hydrogen) atoms. The molecule has 2 atom stereocenters. The molecule has 1 aliphatic rings. The van der Waals surface area contributed by atoms with E-state index < -0.39 is 0 Å². The molecule has 1 aliphatic carbocycles. The van der Waals surface area contributed by atoms with Crippen molar-refractivity contribution in [2.24, 2.45) is 5.92 Å². The molecule has 2 nitrogen and oxygen atoms in total. The van der Waals surface area contributed by atoms with Gasteiger partial charge in [-0.2, -0.15) is 0 Å². The summed E-state index contributed by atoms with van der Waals surface area (Å²) < 4.78 is 0. The molecule has 0 spiro atoms. The topological polar surface area (TPSA) is 37.3 Å². The highest BCUT2D eigenvalue weighted by Crippen LogP contribution is 2.23. The largest absolute Gasteiger partial charge is 0.389 e. The lowest BCUT2D eigenvalue weighted by Crippen LogP contribution is -2.02. The average Bonchev–Trinajstić information content (AvgIpc) is 2.62. The molecule has 0 saturated heterocycles. The molecule has 86 valence electrons. The first kappa shape index (κ1) is 12.4. The summed E-state index contributed by atoms with van der Waals surface area (Å²) in [4.78, 5) is 11.0. The van der Waals surface area contributed by atoms with Crippen LogP contribution in [0.4, 0.5) is 0 Å². The molecule has 2 heteroatoms. The molecule has 0 aliphatic heterocycles. The van der Waals surface area contributed by atoms with Crippen LogP contribution in [0.15, 0.2) is 12.2 Å². The van der Waals surface area contributed by atoms with Crippen molar-refractivity contribution in [1.29, 1.82) is 0 Å². The van der Waals surface area contributed by atoms with Crippen LogP contribution in [0.3, 0.4) is 0 Å². The van der Waals surface area contributed by atoms with Gasteiger partial charge in [-0.25, -0.2) is 0 Å². The summed E-state index contributed by atoms with van der Waals surface area (Å²) in [5, 5.41) is 9.63. The van der Waals surface area contributed by atoms with Crippen LogP contribution in [0.25, 0.3) is 0 Å². The summed E-state index contributed by atoms with van der Waals surface area (Å²) in [5.41, 5.74) is 0. The lowest BCUT2D eigenvalue weighted by atomic mass is 10.0. The maximum Gasteiger partial charge on any atom is 0.133 e. The van der Waals surface area contributed by atoms with E-state index in [0.29, 0.717) is 18.1 Å². The summed E-state index contributed by atoms with van der Waals surface area (Å²) in [5.74, 6) is 0.753. The van der Waals surface area contributed by atoms with E-state index in [1.807, 2.05) is 12.2 Å². The minimum Gasteiger partial charge on any atom is -0.389 e. The van der Waals surface area contributed by atoms with Gasteiger partial charge in [0.15, 0.2) is 0 Å². The van der Waals surface area contributed by atoms with Crippen LogP contribution in [-0.4, -0.2) is 17.0 Å². The van der Waals surface area contributed by atoms with E-state index in [4.69, 9.17) is 0 Å². The Bertz CT molecular complexity index is 221. The van der Waals surface area contributed by atoms with Crippen molar-refractivity contribution in [3.05, 3.63) is 12.2 Å². The number of carbonyl (C=O) groups excluding carboxylic acids is 1. The van der Waals surface area contributed by atoms with E-state index in [2.05, 4.69) is 6.92 Å². The second-order valence-electron chi connectivity index (χ2n) is 4.49. The Morgan fingerprint density at radius 2 is 2.33 bits per heavy atom. The number of carbonyl (C=O) groups is 1. The fourth-order valence-corrected chi connectivity index (χ4v) is 1.99. The average molecular weight is 210 g/mol. The predicted octanol–water partition coefficient (Wildman–Crippen LogP) is 2.85. The molecule has 1 rings (SSSR count). The third kappa shape index (κ3) is 5.12. The molecule has 0 bridgehead atoms. The highest BCUT2D eigenvalue weighted by Gasteiger charge is 2.19. The van der Waals surface area contributed by atoms with Gasteiger partial charge < -0.3 is 5.11 Å². The summed E-state index contributed by atoms with van der Waals surface area (Å²) in [7, 11) is 0. The molecular formula is C13H22O2. The predicted molar refractivity (Wildman–Crippen MR) is 61.6 cm³/mol. The van der Waals surface area contributed by atoms with Crippen molar-refractivity contribution in [1.82, 2.24) is 0 Å². The monoisotopic (exact) mass is 210 g/mol. The fourth-order valence-electron chi connectivity index (χ4n) is 1.99. The van der Waals surface area contributed by atoms with Crippen LogP contribution in [0.2, 0.25) is 0 Å². The van der Waals surface area contributed by atoms with Crippen LogP contribution in [0.5, 0.6) is 0 Å². The molecule has 0 aromatic rings. The highest BCUT2D eigenvalue weighted by atomic mass is 16.3. The zero-order chi connectivity index (χ0) is 11.1. The molecular weight excluding hydrogens is 188 g/mol. The molecule has 0 aromatic carbocycles. The van der Waals surface area contributed by atoms with Gasteiger partial charge in [0.1, 0.15) is 5.78 Å². The number of ketones is 1. The molecule has 0 aromatic heterocycles. The Labute approximate surface area is 92.4 Å². The number of aliphatic hydroxyl groups excluding tert-OH is 1. The van der Waals surface area contributed by atoms with Crippen LogP contribution in [0, 0.1) is 5.92 Å². The minimum absolute atomic E-state index is 0.313. The molecule has 0 unspecified atom stereocenters. The van der Waals surface area contributed by atoms with Gasteiger partial charge in [0, 0.05) is 12.8 Å². The van der Waals surface area contributed by atoms with Gasteiger partial charge in [-0.15, -0.1) is 0 Å². The Morgan fingerprint density at radius 1 is 1.53 bits per heavy atom. The smallest absolute Gasteiger partial charge is 0.133 e.